The standard InChI is InChI=1S/C15H22N4/c1-2-12(9-16-6-1)5-7-17-10-13-3-4-14-15(8-13)19-11-18-14/h3-4,8,11-12,16-17H,1-2,5-7,9-10H2,(H,18,19). The van der Waals surface area contributed by atoms with Gasteiger partial charge in [-0.2, -0.15) is 0 Å². The quantitative estimate of drug-likeness (QED) is 0.719. The average Bonchev–Trinajstić information content (AvgIpc) is 2.92. The lowest BCUT2D eigenvalue weighted by molar-refractivity contribution is 0.352. The number of piperidine rings is 1. The fourth-order valence-electron chi connectivity index (χ4n) is 2.80. The highest BCUT2D eigenvalue weighted by atomic mass is 14.9. The lowest BCUT2D eigenvalue weighted by Crippen LogP contribution is -2.31. The predicted molar refractivity (Wildman–Crippen MR) is 78.0 cm³/mol. The van der Waals surface area contributed by atoms with Crippen LogP contribution in [0.5, 0.6) is 0 Å². The first-order valence-electron chi connectivity index (χ1n) is 7.25. The smallest absolute Gasteiger partial charge is 0.0931 e. The van der Waals surface area contributed by atoms with Gasteiger partial charge < -0.3 is 15.6 Å². The van der Waals surface area contributed by atoms with Gasteiger partial charge in [-0.25, -0.2) is 4.98 Å². The summed E-state index contributed by atoms with van der Waals surface area (Å²) in [6.45, 7) is 4.44. The molecule has 0 aliphatic carbocycles. The van der Waals surface area contributed by atoms with Gasteiger partial charge in [0.1, 0.15) is 0 Å². The molecule has 19 heavy (non-hydrogen) atoms. The minimum Gasteiger partial charge on any atom is -0.345 e. The molecule has 1 aromatic heterocycles. The highest BCUT2D eigenvalue weighted by molar-refractivity contribution is 5.74. The van der Waals surface area contributed by atoms with Crippen LogP contribution < -0.4 is 10.6 Å². The van der Waals surface area contributed by atoms with E-state index in [1.165, 1.54) is 37.9 Å². The number of aromatic nitrogens is 2. The SMILES string of the molecule is c1nc2ccc(CNCCC3CCCNC3)cc2[nH]1. The largest absolute Gasteiger partial charge is 0.345 e. The number of hydrogen-bond donors (Lipinski definition) is 3. The molecule has 1 fully saturated rings. The van der Waals surface area contributed by atoms with Gasteiger partial charge in [0.25, 0.3) is 0 Å². The number of nitrogens with one attached hydrogen (secondary N) is 3. The Balaban J connectivity index is 1.43. The number of rotatable bonds is 5. The molecule has 1 saturated heterocycles. The Labute approximate surface area is 114 Å². The molecule has 1 aliphatic heterocycles. The van der Waals surface area contributed by atoms with Gasteiger partial charge in [-0.15, -0.1) is 0 Å². The molecule has 0 bridgehead atoms. The van der Waals surface area contributed by atoms with E-state index in [0.29, 0.717) is 0 Å². The van der Waals surface area contributed by atoms with Crippen LogP contribution in [0.2, 0.25) is 0 Å². The van der Waals surface area contributed by atoms with E-state index in [4.69, 9.17) is 0 Å². The summed E-state index contributed by atoms with van der Waals surface area (Å²) in [5.41, 5.74) is 3.48. The van der Waals surface area contributed by atoms with Gasteiger partial charge in [-0.1, -0.05) is 6.07 Å². The van der Waals surface area contributed by atoms with Crippen molar-refractivity contribution in [2.45, 2.75) is 25.8 Å². The lowest BCUT2D eigenvalue weighted by Gasteiger charge is -2.22. The van der Waals surface area contributed by atoms with E-state index in [2.05, 4.69) is 38.8 Å². The Hall–Kier alpha value is -1.39. The highest BCUT2D eigenvalue weighted by Gasteiger charge is 2.11. The van der Waals surface area contributed by atoms with Gasteiger partial charge in [-0.05, 0) is 62.5 Å². The van der Waals surface area contributed by atoms with Gasteiger partial charge in [0.15, 0.2) is 0 Å². The van der Waals surface area contributed by atoms with Crippen LogP contribution in [0.3, 0.4) is 0 Å². The molecular formula is C15H22N4. The zero-order valence-corrected chi connectivity index (χ0v) is 11.3. The topological polar surface area (TPSA) is 52.7 Å². The number of H-pyrrole nitrogens is 1. The van der Waals surface area contributed by atoms with Gasteiger partial charge in [0.05, 0.1) is 17.4 Å². The first kappa shape index (κ1) is 12.6. The molecule has 3 rings (SSSR count). The molecule has 0 saturated carbocycles. The van der Waals surface area contributed by atoms with Crippen LogP contribution >= 0.6 is 0 Å². The van der Waals surface area contributed by atoms with Crippen molar-refractivity contribution in [2.24, 2.45) is 5.92 Å². The number of hydrogen-bond acceptors (Lipinski definition) is 3. The fraction of sp³-hybridized carbons (Fsp3) is 0.533. The summed E-state index contributed by atoms with van der Waals surface area (Å²) in [5, 5.41) is 7.02. The van der Waals surface area contributed by atoms with Crippen LogP contribution in [0.1, 0.15) is 24.8 Å². The Morgan fingerprint density at radius 1 is 1.37 bits per heavy atom. The zero-order valence-electron chi connectivity index (χ0n) is 11.3. The number of aromatic amines is 1. The van der Waals surface area contributed by atoms with E-state index in [1.54, 1.807) is 6.33 Å². The van der Waals surface area contributed by atoms with E-state index in [9.17, 15) is 0 Å². The number of imidazole rings is 1. The average molecular weight is 258 g/mol. The summed E-state index contributed by atoms with van der Waals surface area (Å²) in [6, 6.07) is 6.41. The maximum atomic E-state index is 4.23. The van der Waals surface area contributed by atoms with Crippen molar-refractivity contribution in [3.05, 3.63) is 30.1 Å². The van der Waals surface area contributed by atoms with Gasteiger partial charge >= 0.3 is 0 Å². The molecule has 0 spiro atoms. The van der Waals surface area contributed by atoms with Crippen LogP contribution in [0.25, 0.3) is 11.0 Å². The summed E-state index contributed by atoms with van der Waals surface area (Å²) in [6.07, 6.45) is 5.74. The fourth-order valence-corrected chi connectivity index (χ4v) is 2.80. The first-order valence-corrected chi connectivity index (χ1v) is 7.25. The predicted octanol–water partition coefficient (Wildman–Crippen LogP) is 2.04. The Morgan fingerprint density at radius 3 is 3.26 bits per heavy atom. The molecule has 2 aromatic rings. The molecule has 102 valence electrons. The van der Waals surface area contributed by atoms with Crippen LogP contribution in [0.4, 0.5) is 0 Å². The van der Waals surface area contributed by atoms with Crippen molar-refractivity contribution in [1.82, 2.24) is 20.6 Å². The van der Waals surface area contributed by atoms with E-state index in [0.717, 1.165) is 30.0 Å². The summed E-state index contributed by atoms with van der Waals surface area (Å²) in [7, 11) is 0. The van der Waals surface area contributed by atoms with E-state index >= 15 is 0 Å². The molecule has 0 amide bonds. The Morgan fingerprint density at radius 2 is 2.37 bits per heavy atom. The number of benzene rings is 1. The second-order valence-corrected chi connectivity index (χ2v) is 5.43. The number of fused-ring (bicyclic) bond motifs is 1. The molecule has 1 atom stereocenters. The second-order valence-electron chi connectivity index (χ2n) is 5.43. The minimum atomic E-state index is 0.858. The first-order chi connectivity index (χ1) is 9.42. The van der Waals surface area contributed by atoms with Gasteiger partial charge in [-0.3, -0.25) is 0 Å². The van der Waals surface area contributed by atoms with Crippen molar-refractivity contribution in [3.8, 4) is 0 Å². The molecule has 1 aliphatic rings. The van der Waals surface area contributed by atoms with Gasteiger partial charge in [0.2, 0.25) is 0 Å². The minimum absolute atomic E-state index is 0.858. The normalized spacial score (nSPS) is 19.9. The van der Waals surface area contributed by atoms with Crippen molar-refractivity contribution in [2.75, 3.05) is 19.6 Å². The van der Waals surface area contributed by atoms with Crippen molar-refractivity contribution in [3.63, 3.8) is 0 Å². The molecule has 4 heteroatoms. The Bertz CT molecular complexity index is 514. The summed E-state index contributed by atoms with van der Waals surface area (Å²) < 4.78 is 0. The van der Waals surface area contributed by atoms with Crippen LogP contribution in [-0.4, -0.2) is 29.6 Å². The molecule has 3 N–H and O–H groups in total. The van der Waals surface area contributed by atoms with Crippen LogP contribution in [0, 0.1) is 5.92 Å². The maximum absolute atomic E-state index is 4.23. The maximum Gasteiger partial charge on any atom is 0.0931 e. The van der Waals surface area contributed by atoms with Crippen molar-refractivity contribution >= 4 is 11.0 Å². The molecule has 2 heterocycles. The van der Waals surface area contributed by atoms with Crippen molar-refractivity contribution in [1.29, 1.82) is 0 Å². The van der Waals surface area contributed by atoms with Crippen LogP contribution in [-0.2, 0) is 6.54 Å². The molecule has 1 aromatic carbocycles. The van der Waals surface area contributed by atoms with Crippen molar-refractivity contribution < 1.29 is 0 Å². The summed E-state index contributed by atoms with van der Waals surface area (Å²) in [4.78, 5) is 7.39. The Kier molecular flexibility index (Phi) is 4.10. The van der Waals surface area contributed by atoms with E-state index < -0.39 is 0 Å². The zero-order chi connectivity index (χ0) is 12.9. The lowest BCUT2D eigenvalue weighted by atomic mass is 9.96. The third kappa shape index (κ3) is 3.33. The third-order valence-electron chi connectivity index (χ3n) is 3.94. The van der Waals surface area contributed by atoms with Crippen LogP contribution in [0.15, 0.2) is 24.5 Å². The van der Waals surface area contributed by atoms with Gasteiger partial charge in [0, 0.05) is 6.54 Å². The highest BCUT2D eigenvalue weighted by Crippen LogP contribution is 2.14. The monoisotopic (exact) mass is 258 g/mol. The van der Waals surface area contributed by atoms with E-state index in [-0.39, 0.29) is 0 Å². The summed E-state index contributed by atoms with van der Waals surface area (Å²) >= 11 is 0. The second kappa shape index (κ2) is 6.17. The molecular weight excluding hydrogens is 236 g/mol. The summed E-state index contributed by atoms with van der Waals surface area (Å²) in [5.74, 6) is 0.858. The van der Waals surface area contributed by atoms with E-state index in [1.807, 2.05) is 0 Å². The molecule has 0 radical (unpaired) electrons. The molecule has 4 nitrogen and oxygen atoms in total. The number of nitrogens with zero attached hydrogens (tertiary/aromatic N) is 1. The third-order valence-corrected chi connectivity index (χ3v) is 3.94. The molecule has 1 unspecified atom stereocenters.